The summed E-state index contributed by atoms with van der Waals surface area (Å²) >= 11 is 0. The van der Waals surface area contributed by atoms with Crippen molar-refractivity contribution in [3.05, 3.63) is 41.1 Å². The highest BCUT2D eigenvalue weighted by atomic mass is 16.5. The molecule has 98 valence electrons. The molecule has 3 rings (SSSR count). The lowest BCUT2D eigenvalue weighted by atomic mass is 10.1. The third kappa shape index (κ3) is 2.31. The van der Waals surface area contributed by atoms with Gasteiger partial charge in [0.2, 0.25) is 0 Å². The van der Waals surface area contributed by atoms with Crippen LogP contribution in [-0.2, 0) is 24.2 Å². The fourth-order valence-electron chi connectivity index (χ4n) is 2.56. The number of benzene rings is 1. The van der Waals surface area contributed by atoms with E-state index in [1.54, 1.807) is 7.11 Å². The smallest absolute Gasteiger partial charge is 0.161 e. The van der Waals surface area contributed by atoms with E-state index in [-0.39, 0.29) is 0 Å². The van der Waals surface area contributed by atoms with E-state index in [0.717, 1.165) is 47.5 Å². The molecule has 1 aliphatic carbocycles. The van der Waals surface area contributed by atoms with E-state index in [4.69, 9.17) is 10.5 Å². The maximum absolute atomic E-state index is 6.03. The van der Waals surface area contributed by atoms with Crippen LogP contribution in [0.25, 0.3) is 11.4 Å². The molecule has 0 spiro atoms. The third-order valence-electron chi connectivity index (χ3n) is 3.46. The normalized spacial score (nSPS) is 13.5. The summed E-state index contributed by atoms with van der Waals surface area (Å²) in [5.41, 5.74) is 10.4. The molecule has 4 nitrogen and oxygen atoms in total. The summed E-state index contributed by atoms with van der Waals surface area (Å²) in [6.45, 7) is 0.592. The lowest BCUT2D eigenvalue weighted by Crippen LogP contribution is -2.03. The minimum absolute atomic E-state index is 0.592. The first-order chi connectivity index (χ1) is 9.28. The number of nitrogens with two attached hydrogens (primary N) is 1. The molecule has 0 amide bonds. The van der Waals surface area contributed by atoms with Crippen molar-refractivity contribution in [1.29, 1.82) is 0 Å². The molecule has 19 heavy (non-hydrogen) atoms. The second-order valence-corrected chi connectivity index (χ2v) is 4.84. The number of hydrogen-bond acceptors (Lipinski definition) is 4. The Labute approximate surface area is 112 Å². The van der Waals surface area contributed by atoms with Gasteiger partial charge in [0.25, 0.3) is 0 Å². The first kappa shape index (κ1) is 12.1. The maximum atomic E-state index is 6.03. The van der Waals surface area contributed by atoms with Crippen molar-refractivity contribution in [3.8, 4) is 11.4 Å². The Morgan fingerprint density at radius 2 is 2.16 bits per heavy atom. The van der Waals surface area contributed by atoms with Gasteiger partial charge in [-0.3, -0.25) is 0 Å². The number of anilines is 1. The Hall–Kier alpha value is -1.94. The molecule has 0 saturated heterocycles. The van der Waals surface area contributed by atoms with Gasteiger partial charge in [-0.05, 0) is 30.9 Å². The van der Waals surface area contributed by atoms with Crippen LogP contribution < -0.4 is 5.73 Å². The quantitative estimate of drug-likeness (QED) is 0.914. The molecule has 4 heteroatoms. The molecule has 0 aliphatic heterocycles. The zero-order valence-electron chi connectivity index (χ0n) is 11.0. The predicted molar refractivity (Wildman–Crippen MR) is 74.6 cm³/mol. The fourth-order valence-corrected chi connectivity index (χ4v) is 2.56. The van der Waals surface area contributed by atoms with Crippen LogP contribution in [0.5, 0.6) is 0 Å². The van der Waals surface area contributed by atoms with Gasteiger partial charge < -0.3 is 10.5 Å². The molecule has 0 bridgehead atoms. The van der Waals surface area contributed by atoms with Crippen molar-refractivity contribution >= 4 is 5.82 Å². The van der Waals surface area contributed by atoms with Crippen molar-refractivity contribution in [2.75, 3.05) is 12.8 Å². The van der Waals surface area contributed by atoms with Crippen LogP contribution in [-0.4, -0.2) is 17.1 Å². The molecule has 1 heterocycles. The van der Waals surface area contributed by atoms with Crippen LogP contribution in [0, 0.1) is 0 Å². The van der Waals surface area contributed by atoms with E-state index >= 15 is 0 Å². The van der Waals surface area contributed by atoms with Crippen LogP contribution >= 0.6 is 0 Å². The monoisotopic (exact) mass is 255 g/mol. The summed E-state index contributed by atoms with van der Waals surface area (Å²) < 4.78 is 5.15. The Morgan fingerprint density at radius 1 is 1.26 bits per heavy atom. The summed E-state index contributed by atoms with van der Waals surface area (Å²) in [6, 6.07) is 8.09. The Bertz CT molecular complexity index is 610. The minimum Gasteiger partial charge on any atom is -0.383 e. The highest BCUT2D eigenvalue weighted by Crippen LogP contribution is 2.27. The van der Waals surface area contributed by atoms with Gasteiger partial charge in [0.1, 0.15) is 5.82 Å². The van der Waals surface area contributed by atoms with Gasteiger partial charge >= 0.3 is 0 Å². The van der Waals surface area contributed by atoms with Gasteiger partial charge in [-0.1, -0.05) is 18.2 Å². The highest BCUT2D eigenvalue weighted by Gasteiger charge is 2.18. The van der Waals surface area contributed by atoms with Crippen LogP contribution in [0.3, 0.4) is 0 Å². The summed E-state index contributed by atoms with van der Waals surface area (Å²) in [5.74, 6) is 1.35. The number of hydrogen-bond donors (Lipinski definition) is 1. The first-order valence-electron chi connectivity index (χ1n) is 6.51. The molecule has 1 aromatic heterocycles. The number of nitrogens with zero attached hydrogens (tertiary/aromatic N) is 2. The molecule has 0 atom stereocenters. The number of nitrogen functional groups attached to an aromatic ring is 1. The lowest BCUT2D eigenvalue weighted by molar-refractivity contribution is 0.185. The molecule has 1 aliphatic rings. The molecule has 2 aromatic rings. The van der Waals surface area contributed by atoms with Gasteiger partial charge in [0.05, 0.1) is 6.61 Å². The Morgan fingerprint density at radius 3 is 3.00 bits per heavy atom. The summed E-state index contributed by atoms with van der Waals surface area (Å²) in [6.07, 6.45) is 3.14. The predicted octanol–water partition coefficient (Wildman–Crippen LogP) is 2.36. The lowest BCUT2D eigenvalue weighted by Gasteiger charge is -2.08. The molecular formula is C15H17N3O. The van der Waals surface area contributed by atoms with E-state index in [1.807, 2.05) is 18.2 Å². The number of ether oxygens (including phenoxy) is 1. The van der Waals surface area contributed by atoms with Crippen molar-refractivity contribution in [1.82, 2.24) is 9.97 Å². The SMILES string of the molecule is COCc1cccc(-c2nc(N)c3c(n2)CCC3)c1. The molecular weight excluding hydrogens is 238 g/mol. The Balaban J connectivity index is 2.02. The topological polar surface area (TPSA) is 61.0 Å². The standard InChI is InChI=1S/C15H17N3O/c1-19-9-10-4-2-5-11(8-10)15-17-13-7-3-6-12(13)14(16)18-15/h2,4-5,8H,3,6-7,9H2,1H3,(H2,16,17,18). The second kappa shape index (κ2) is 4.97. The van der Waals surface area contributed by atoms with E-state index in [0.29, 0.717) is 12.4 Å². The zero-order chi connectivity index (χ0) is 13.2. The molecule has 0 fully saturated rings. The van der Waals surface area contributed by atoms with Crippen molar-refractivity contribution in [2.45, 2.75) is 25.9 Å². The average molecular weight is 255 g/mol. The summed E-state index contributed by atoms with van der Waals surface area (Å²) in [5, 5.41) is 0. The molecule has 0 radical (unpaired) electrons. The first-order valence-corrected chi connectivity index (χ1v) is 6.51. The van der Waals surface area contributed by atoms with E-state index in [9.17, 15) is 0 Å². The van der Waals surface area contributed by atoms with Gasteiger partial charge in [-0.15, -0.1) is 0 Å². The molecule has 1 aromatic carbocycles. The average Bonchev–Trinajstić information content (AvgIpc) is 2.88. The van der Waals surface area contributed by atoms with Crippen LogP contribution in [0.15, 0.2) is 24.3 Å². The Kier molecular flexibility index (Phi) is 3.17. The van der Waals surface area contributed by atoms with Crippen LogP contribution in [0.4, 0.5) is 5.82 Å². The van der Waals surface area contributed by atoms with E-state index in [1.165, 1.54) is 0 Å². The molecule has 2 N–H and O–H groups in total. The zero-order valence-corrected chi connectivity index (χ0v) is 11.0. The second-order valence-electron chi connectivity index (χ2n) is 4.84. The van der Waals surface area contributed by atoms with E-state index < -0.39 is 0 Å². The third-order valence-corrected chi connectivity index (χ3v) is 3.46. The fraction of sp³-hybridized carbons (Fsp3) is 0.333. The van der Waals surface area contributed by atoms with Crippen LogP contribution in [0.2, 0.25) is 0 Å². The molecule has 0 saturated carbocycles. The number of rotatable bonds is 3. The molecule has 0 unspecified atom stereocenters. The van der Waals surface area contributed by atoms with Gasteiger partial charge in [0, 0.05) is 23.9 Å². The maximum Gasteiger partial charge on any atom is 0.161 e. The number of aromatic nitrogens is 2. The minimum atomic E-state index is 0.592. The highest BCUT2D eigenvalue weighted by molar-refractivity contribution is 5.60. The van der Waals surface area contributed by atoms with Crippen molar-refractivity contribution < 1.29 is 4.74 Å². The van der Waals surface area contributed by atoms with E-state index in [2.05, 4.69) is 16.0 Å². The van der Waals surface area contributed by atoms with Crippen LogP contribution in [0.1, 0.15) is 23.2 Å². The van der Waals surface area contributed by atoms with Gasteiger partial charge in [-0.2, -0.15) is 0 Å². The van der Waals surface area contributed by atoms with Gasteiger partial charge in [0.15, 0.2) is 5.82 Å². The number of aryl methyl sites for hydroxylation is 1. The van der Waals surface area contributed by atoms with Gasteiger partial charge in [-0.25, -0.2) is 9.97 Å². The van der Waals surface area contributed by atoms with Crippen molar-refractivity contribution in [2.24, 2.45) is 0 Å². The number of methoxy groups -OCH3 is 1. The van der Waals surface area contributed by atoms with Crippen molar-refractivity contribution in [3.63, 3.8) is 0 Å². The summed E-state index contributed by atoms with van der Waals surface area (Å²) in [7, 11) is 1.69. The largest absolute Gasteiger partial charge is 0.383 e. The number of fused-ring (bicyclic) bond motifs is 1. The summed E-state index contributed by atoms with van der Waals surface area (Å²) in [4.78, 5) is 9.10.